The first-order valence-corrected chi connectivity index (χ1v) is 8.65. The minimum atomic E-state index is -0.457. The first-order chi connectivity index (χ1) is 12.1. The SMILES string of the molecule is COc1ccc(CN2CCC(NC(=O)[C@H]3NCCO[C@@H]3C)C2=O)cc1. The Labute approximate surface area is 147 Å². The van der Waals surface area contributed by atoms with Crippen molar-refractivity contribution in [2.24, 2.45) is 0 Å². The Morgan fingerprint density at radius 3 is 2.84 bits per heavy atom. The van der Waals surface area contributed by atoms with Crippen LogP contribution in [0.15, 0.2) is 24.3 Å². The number of carbonyl (C=O) groups excluding carboxylic acids is 2. The molecule has 2 N–H and O–H groups in total. The summed E-state index contributed by atoms with van der Waals surface area (Å²) in [6.45, 7) is 4.28. The van der Waals surface area contributed by atoms with Gasteiger partial charge in [0.05, 0.1) is 19.8 Å². The van der Waals surface area contributed by atoms with Gasteiger partial charge < -0.3 is 25.0 Å². The smallest absolute Gasteiger partial charge is 0.245 e. The van der Waals surface area contributed by atoms with Crippen LogP contribution in [0.1, 0.15) is 18.9 Å². The van der Waals surface area contributed by atoms with Crippen molar-refractivity contribution in [3.05, 3.63) is 29.8 Å². The van der Waals surface area contributed by atoms with E-state index in [1.54, 1.807) is 12.0 Å². The van der Waals surface area contributed by atoms with E-state index in [9.17, 15) is 9.59 Å². The van der Waals surface area contributed by atoms with Gasteiger partial charge in [0.15, 0.2) is 0 Å². The predicted octanol–water partition coefficient (Wildman–Crippen LogP) is 0.289. The van der Waals surface area contributed by atoms with Crippen LogP contribution in [0.3, 0.4) is 0 Å². The summed E-state index contributed by atoms with van der Waals surface area (Å²) in [5.74, 6) is 0.586. The molecule has 7 heteroatoms. The second-order valence-corrected chi connectivity index (χ2v) is 6.47. The number of morpholine rings is 1. The summed E-state index contributed by atoms with van der Waals surface area (Å²) >= 11 is 0. The van der Waals surface area contributed by atoms with E-state index < -0.39 is 12.1 Å². The Hall–Kier alpha value is -2.12. The van der Waals surface area contributed by atoms with Crippen LogP contribution in [0, 0.1) is 0 Å². The largest absolute Gasteiger partial charge is 0.497 e. The maximum atomic E-state index is 12.6. The molecular weight excluding hydrogens is 322 g/mol. The van der Waals surface area contributed by atoms with Crippen molar-refractivity contribution < 1.29 is 19.1 Å². The quantitative estimate of drug-likeness (QED) is 0.800. The van der Waals surface area contributed by atoms with Gasteiger partial charge in [0.25, 0.3) is 0 Å². The Morgan fingerprint density at radius 1 is 1.40 bits per heavy atom. The van der Waals surface area contributed by atoms with Crippen molar-refractivity contribution in [2.45, 2.75) is 38.1 Å². The minimum Gasteiger partial charge on any atom is -0.497 e. The van der Waals surface area contributed by atoms with Crippen molar-refractivity contribution in [2.75, 3.05) is 26.8 Å². The maximum Gasteiger partial charge on any atom is 0.245 e. The van der Waals surface area contributed by atoms with Gasteiger partial charge in [0.1, 0.15) is 17.8 Å². The van der Waals surface area contributed by atoms with Crippen LogP contribution in [0.25, 0.3) is 0 Å². The second kappa shape index (κ2) is 7.84. The standard InChI is InChI=1S/C18H25N3O4/c1-12-16(19-8-10-25-12)17(22)20-15-7-9-21(18(15)23)11-13-3-5-14(24-2)6-4-13/h3-6,12,15-16,19H,7-11H2,1-2H3,(H,20,22)/t12-,15?,16+/m1/s1. The number of carbonyl (C=O) groups is 2. The third kappa shape index (κ3) is 4.11. The molecule has 136 valence electrons. The molecule has 0 radical (unpaired) electrons. The van der Waals surface area contributed by atoms with E-state index in [0.29, 0.717) is 32.7 Å². The lowest BCUT2D eigenvalue weighted by Gasteiger charge is -2.30. The monoisotopic (exact) mass is 347 g/mol. The van der Waals surface area contributed by atoms with Gasteiger partial charge in [-0.15, -0.1) is 0 Å². The summed E-state index contributed by atoms with van der Waals surface area (Å²) in [7, 11) is 1.62. The lowest BCUT2D eigenvalue weighted by atomic mass is 10.1. The minimum absolute atomic E-state index is 0.0338. The molecular formula is C18H25N3O4. The zero-order valence-electron chi connectivity index (χ0n) is 14.7. The molecule has 1 unspecified atom stereocenters. The highest BCUT2D eigenvalue weighted by Crippen LogP contribution is 2.18. The number of methoxy groups -OCH3 is 1. The lowest BCUT2D eigenvalue weighted by Crippen LogP contribution is -2.57. The average molecular weight is 347 g/mol. The summed E-state index contributed by atoms with van der Waals surface area (Å²) in [6.07, 6.45) is 0.434. The van der Waals surface area contributed by atoms with Gasteiger partial charge in [-0.1, -0.05) is 12.1 Å². The number of amides is 2. The first-order valence-electron chi connectivity index (χ1n) is 8.65. The number of hydrogen-bond donors (Lipinski definition) is 2. The predicted molar refractivity (Wildman–Crippen MR) is 92.2 cm³/mol. The van der Waals surface area contributed by atoms with Gasteiger partial charge in [0, 0.05) is 19.6 Å². The molecule has 7 nitrogen and oxygen atoms in total. The van der Waals surface area contributed by atoms with Crippen molar-refractivity contribution in [1.29, 1.82) is 0 Å². The third-order valence-electron chi connectivity index (χ3n) is 4.75. The van der Waals surface area contributed by atoms with E-state index >= 15 is 0 Å². The Morgan fingerprint density at radius 2 is 2.16 bits per heavy atom. The van der Waals surface area contributed by atoms with E-state index in [2.05, 4.69) is 10.6 Å². The van der Waals surface area contributed by atoms with Gasteiger partial charge in [-0.25, -0.2) is 0 Å². The topological polar surface area (TPSA) is 79.9 Å². The fourth-order valence-electron chi connectivity index (χ4n) is 3.27. The molecule has 2 heterocycles. The summed E-state index contributed by atoms with van der Waals surface area (Å²) in [4.78, 5) is 26.8. The molecule has 2 saturated heterocycles. The van der Waals surface area contributed by atoms with Crippen molar-refractivity contribution >= 4 is 11.8 Å². The summed E-state index contributed by atoms with van der Waals surface area (Å²) in [5, 5.41) is 6.02. The summed E-state index contributed by atoms with van der Waals surface area (Å²) in [6, 6.07) is 6.79. The highest BCUT2D eigenvalue weighted by molar-refractivity contribution is 5.91. The van der Waals surface area contributed by atoms with Gasteiger partial charge >= 0.3 is 0 Å². The van der Waals surface area contributed by atoms with Gasteiger partial charge in [-0.05, 0) is 31.0 Å². The first kappa shape index (κ1) is 17.7. The van der Waals surface area contributed by atoms with Crippen molar-refractivity contribution in [1.82, 2.24) is 15.5 Å². The maximum absolute atomic E-state index is 12.6. The van der Waals surface area contributed by atoms with Crippen LogP contribution >= 0.6 is 0 Å². The number of likely N-dealkylation sites (tertiary alicyclic amines) is 1. The molecule has 1 aromatic carbocycles. The zero-order valence-corrected chi connectivity index (χ0v) is 14.7. The molecule has 0 saturated carbocycles. The van der Waals surface area contributed by atoms with Crippen LogP contribution in [0.5, 0.6) is 5.75 Å². The van der Waals surface area contributed by atoms with Crippen molar-refractivity contribution in [3.8, 4) is 5.75 Å². The lowest BCUT2D eigenvalue weighted by molar-refractivity contribution is -0.135. The molecule has 3 rings (SSSR count). The van der Waals surface area contributed by atoms with E-state index in [4.69, 9.17) is 9.47 Å². The zero-order chi connectivity index (χ0) is 17.8. The molecule has 1 aromatic rings. The fraction of sp³-hybridized carbons (Fsp3) is 0.556. The van der Waals surface area contributed by atoms with Gasteiger partial charge in [0.2, 0.25) is 11.8 Å². The molecule has 2 fully saturated rings. The Kier molecular flexibility index (Phi) is 5.55. The van der Waals surface area contributed by atoms with Crippen molar-refractivity contribution in [3.63, 3.8) is 0 Å². The fourth-order valence-corrected chi connectivity index (χ4v) is 3.27. The number of benzene rings is 1. The number of hydrogen-bond acceptors (Lipinski definition) is 5. The van der Waals surface area contributed by atoms with Crippen LogP contribution in [-0.4, -0.2) is 61.7 Å². The number of nitrogens with one attached hydrogen (secondary N) is 2. The molecule has 0 aliphatic carbocycles. The van der Waals surface area contributed by atoms with Crippen LogP contribution < -0.4 is 15.4 Å². The molecule has 25 heavy (non-hydrogen) atoms. The molecule has 2 aliphatic rings. The molecule has 0 aromatic heterocycles. The van der Waals surface area contributed by atoms with E-state index in [1.807, 2.05) is 31.2 Å². The summed E-state index contributed by atoms with van der Waals surface area (Å²) < 4.78 is 10.6. The highest BCUT2D eigenvalue weighted by atomic mass is 16.5. The number of ether oxygens (including phenoxy) is 2. The van der Waals surface area contributed by atoms with Gasteiger partial charge in [-0.3, -0.25) is 9.59 Å². The molecule has 0 bridgehead atoms. The highest BCUT2D eigenvalue weighted by Gasteiger charge is 2.36. The molecule has 2 amide bonds. The Bertz CT molecular complexity index is 619. The van der Waals surface area contributed by atoms with Gasteiger partial charge in [-0.2, -0.15) is 0 Å². The van der Waals surface area contributed by atoms with E-state index in [1.165, 1.54) is 0 Å². The van der Waals surface area contributed by atoms with Crippen LogP contribution in [-0.2, 0) is 20.9 Å². The third-order valence-corrected chi connectivity index (χ3v) is 4.75. The molecule has 0 spiro atoms. The second-order valence-electron chi connectivity index (χ2n) is 6.47. The molecule has 2 aliphatic heterocycles. The average Bonchev–Trinajstić information content (AvgIpc) is 2.96. The normalized spacial score (nSPS) is 26.6. The molecule has 3 atom stereocenters. The summed E-state index contributed by atoms with van der Waals surface area (Å²) in [5.41, 5.74) is 1.04. The Balaban J connectivity index is 1.54. The number of nitrogens with zero attached hydrogens (tertiary/aromatic N) is 1. The van der Waals surface area contributed by atoms with Crippen LogP contribution in [0.4, 0.5) is 0 Å². The van der Waals surface area contributed by atoms with E-state index in [-0.39, 0.29) is 17.9 Å². The van der Waals surface area contributed by atoms with Crippen LogP contribution in [0.2, 0.25) is 0 Å². The number of rotatable bonds is 5. The van der Waals surface area contributed by atoms with E-state index in [0.717, 1.165) is 11.3 Å².